The lowest BCUT2D eigenvalue weighted by atomic mass is 9.73. The van der Waals surface area contributed by atoms with Crippen LogP contribution in [0.4, 0.5) is 4.39 Å². The number of halogens is 2. The van der Waals surface area contributed by atoms with Gasteiger partial charge in [0, 0.05) is 11.6 Å². The van der Waals surface area contributed by atoms with E-state index in [9.17, 15) is 4.39 Å². The van der Waals surface area contributed by atoms with Gasteiger partial charge >= 0.3 is 0 Å². The van der Waals surface area contributed by atoms with Gasteiger partial charge in [-0.2, -0.15) is 0 Å². The molecule has 0 amide bonds. The van der Waals surface area contributed by atoms with Crippen molar-refractivity contribution in [1.82, 2.24) is 5.43 Å². The minimum Gasteiger partial charge on any atom is -0.377 e. The highest BCUT2D eigenvalue weighted by Crippen LogP contribution is 2.39. The monoisotopic (exact) mass is 316 g/mol. The molecule has 0 aliphatic heterocycles. The first-order valence-corrected chi connectivity index (χ1v) is 6.86. The first-order chi connectivity index (χ1) is 8.61. The van der Waals surface area contributed by atoms with Crippen molar-refractivity contribution in [1.29, 1.82) is 0 Å². The minimum atomic E-state index is -0.243. The summed E-state index contributed by atoms with van der Waals surface area (Å²) in [4.78, 5) is 0. The number of benzene rings is 1. The van der Waals surface area contributed by atoms with Crippen LogP contribution in [0.1, 0.15) is 24.8 Å². The second kappa shape index (κ2) is 5.65. The van der Waals surface area contributed by atoms with Gasteiger partial charge in [-0.05, 0) is 43.4 Å². The molecule has 18 heavy (non-hydrogen) atoms. The lowest BCUT2D eigenvalue weighted by Crippen LogP contribution is -2.59. The van der Waals surface area contributed by atoms with Crippen LogP contribution in [0, 0.1) is 5.82 Å². The number of nitrogens with two attached hydrogens (primary N) is 1. The van der Waals surface area contributed by atoms with E-state index in [0.29, 0.717) is 6.42 Å². The zero-order valence-corrected chi connectivity index (χ0v) is 12.0. The Kier molecular flexibility index (Phi) is 4.37. The highest BCUT2D eigenvalue weighted by molar-refractivity contribution is 9.10. The van der Waals surface area contributed by atoms with E-state index in [1.54, 1.807) is 13.2 Å². The molecular weight excluding hydrogens is 299 g/mol. The van der Waals surface area contributed by atoms with Gasteiger partial charge in [0.2, 0.25) is 0 Å². The summed E-state index contributed by atoms with van der Waals surface area (Å²) in [6, 6.07) is 4.76. The Morgan fingerprint density at radius 2 is 2.28 bits per heavy atom. The van der Waals surface area contributed by atoms with Crippen LogP contribution in [0.25, 0.3) is 0 Å². The van der Waals surface area contributed by atoms with Crippen molar-refractivity contribution in [3.05, 3.63) is 34.1 Å². The molecule has 3 N–H and O–H groups in total. The smallest absolute Gasteiger partial charge is 0.124 e. The molecule has 0 saturated heterocycles. The summed E-state index contributed by atoms with van der Waals surface area (Å²) < 4.78 is 19.5. The Balaban J connectivity index is 2.15. The summed E-state index contributed by atoms with van der Waals surface area (Å²) in [5, 5.41) is 0. The van der Waals surface area contributed by atoms with Crippen molar-refractivity contribution < 1.29 is 9.13 Å². The van der Waals surface area contributed by atoms with Gasteiger partial charge in [-0.3, -0.25) is 11.3 Å². The van der Waals surface area contributed by atoms with Crippen LogP contribution in [-0.2, 0) is 11.2 Å². The largest absolute Gasteiger partial charge is 0.377 e. The second-order valence-electron chi connectivity index (χ2n) is 4.78. The standard InChI is InChI=1S/C13H18BrFN2O/c1-18-13(5-2-6-13)12(17-16)7-9-3-4-10(15)8-11(9)14/h3-4,8,12,17H,2,5-7,16H2,1H3. The summed E-state index contributed by atoms with van der Waals surface area (Å²) in [6.45, 7) is 0. The maximum Gasteiger partial charge on any atom is 0.124 e. The lowest BCUT2D eigenvalue weighted by Gasteiger charge is -2.46. The van der Waals surface area contributed by atoms with E-state index < -0.39 is 0 Å². The molecule has 100 valence electrons. The van der Waals surface area contributed by atoms with Gasteiger partial charge in [-0.15, -0.1) is 0 Å². The maximum absolute atomic E-state index is 13.0. The average molecular weight is 317 g/mol. The van der Waals surface area contributed by atoms with Crippen molar-refractivity contribution in [2.75, 3.05) is 7.11 Å². The van der Waals surface area contributed by atoms with Crippen molar-refractivity contribution in [2.45, 2.75) is 37.3 Å². The van der Waals surface area contributed by atoms with Crippen LogP contribution in [0.15, 0.2) is 22.7 Å². The predicted octanol–water partition coefficient (Wildman–Crippen LogP) is 2.53. The number of methoxy groups -OCH3 is 1. The molecule has 5 heteroatoms. The molecule has 3 nitrogen and oxygen atoms in total. The van der Waals surface area contributed by atoms with Crippen LogP contribution in [0.5, 0.6) is 0 Å². The molecule has 1 aliphatic carbocycles. The van der Waals surface area contributed by atoms with Crippen LogP contribution >= 0.6 is 15.9 Å². The van der Waals surface area contributed by atoms with E-state index in [0.717, 1.165) is 29.3 Å². The van der Waals surface area contributed by atoms with Gasteiger partial charge in [0.25, 0.3) is 0 Å². The van der Waals surface area contributed by atoms with Gasteiger partial charge in [0.15, 0.2) is 0 Å². The van der Waals surface area contributed by atoms with E-state index in [2.05, 4.69) is 21.4 Å². The Hall–Kier alpha value is -0.490. The maximum atomic E-state index is 13.0. The molecule has 2 rings (SSSR count). The first-order valence-electron chi connectivity index (χ1n) is 6.06. The Bertz CT molecular complexity index is 418. The fourth-order valence-electron chi connectivity index (χ4n) is 2.52. The van der Waals surface area contributed by atoms with Crippen molar-refractivity contribution in [3.8, 4) is 0 Å². The van der Waals surface area contributed by atoms with Crippen molar-refractivity contribution in [2.24, 2.45) is 5.84 Å². The van der Waals surface area contributed by atoms with Crippen LogP contribution < -0.4 is 11.3 Å². The normalized spacial score (nSPS) is 19.3. The van der Waals surface area contributed by atoms with E-state index in [4.69, 9.17) is 10.6 Å². The van der Waals surface area contributed by atoms with Crippen molar-refractivity contribution in [3.63, 3.8) is 0 Å². The molecule has 0 heterocycles. The quantitative estimate of drug-likeness (QED) is 0.648. The van der Waals surface area contributed by atoms with Gasteiger partial charge < -0.3 is 4.74 Å². The number of ether oxygens (including phenoxy) is 1. The second-order valence-corrected chi connectivity index (χ2v) is 5.64. The lowest BCUT2D eigenvalue weighted by molar-refractivity contribution is -0.0982. The number of rotatable bonds is 5. The Morgan fingerprint density at radius 1 is 1.56 bits per heavy atom. The highest BCUT2D eigenvalue weighted by Gasteiger charge is 2.44. The molecule has 0 spiro atoms. The summed E-state index contributed by atoms with van der Waals surface area (Å²) in [5.41, 5.74) is 3.70. The van der Waals surface area contributed by atoms with Crippen LogP contribution in [0.3, 0.4) is 0 Å². The third-order valence-corrected chi connectivity index (χ3v) is 4.62. The molecule has 1 fully saturated rings. The summed E-state index contributed by atoms with van der Waals surface area (Å²) in [5.74, 6) is 5.41. The molecule has 1 aromatic carbocycles. The van der Waals surface area contributed by atoms with Gasteiger partial charge in [0.05, 0.1) is 11.6 Å². The van der Waals surface area contributed by atoms with Crippen LogP contribution in [0.2, 0.25) is 0 Å². The molecule has 1 aromatic rings. The summed E-state index contributed by atoms with van der Waals surface area (Å²) in [6.07, 6.45) is 3.90. The minimum absolute atomic E-state index is 0.0398. The summed E-state index contributed by atoms with van der Waals surface area (Å²) >= 11 is 3.38. The highest BCUT2D eigenvalue weighted by atomic mass is 79.9. The molecule has 0 bridgehead atoms. The number of hydrogen-bond donors (Lipinski definition) is 2. The summed E-state index contributed by atoms with van der Waals surface area (Å²) in [7, 11) is 1.73. The molecule has 1 aliphatic rings. The fourth-order valence-corrected chi connectivity index (χ4v) is 3.04. The number of hydrogen-bond acceptors (Lipinski definition) is 3. The third-order valence-electron chi connectivity index (χ3n) is 3.88. The number of nitrogens with one attached hydrogen (secondary N) is 1. The first kappa shape index (κ1) is 13.9. The molecule has 0 aromatic heterocycles. The molecule has 0 radical (unpaired) electrons. The fraction of sp³-hybridized carbons (Fsp3) is 0.538. The Labute approximate surface area is 115 Å². The molecule has 1 saturated carbocycles. The van der Waals surface area contributed by atoms with Gasteiger partial charge in [-0.1, -0.05) is 22.0 Å². The van der Waals surface area contributed by atoms with E-state index in [-0.39, 0.29) is 17.5 Å². The number of hydrazine groups is 1. The molecular formula is C13H18BrFN2O. The molecule has 1 unspecified atom stereocenters. The molecule has 1 atom stereocenters. The Morgan fingerprint density at radius 3 is 2.72 bits per heavy atom. The van der Waals surface area contributed by atoms with Crippen molar-refractivity contribution >= 4 is 15.9 Å². The SMILES string of the molecule is COC1(C(Cc2ccc(F)cc2Br)NN)CCC1. The zero-order chi connectivity index (χ0) is 13.2. The van der Waals surface area contributed by atoms with E-state index in [1.807, 2.05) is 0 Å². The van der Waals surface area contributed by atoms with Crippen LogP contribution in [-0.4, -0.2) is 18.8 Å². The topological polar surface area (TPSA) is 47.3 Å². The van der Waals surface area contributed by atoms with Gasteiger partial charge in [-0.25, -0.2) is 4.39 Å². The van der Waals surface area contributed by atoms with E-state index in [1.165, 1.54) is 12.1 Å². The zero-order valence-electron chi connectivity index (χ0n) is 10.4. The van der Waals surface area contributed by atoms with Gasteiger partial charge in [0.1, 0.15) is 5.82 Å². The average Bonchev–Trinajstić information content (AvgIpc) is 2.29. The third kappa shape index (κ3) is 2.59. The predicted molar refractivity (Wildman–Crippen MR) is 72.5 cm³/mol. The van der Waals surface area contributed by atoms with E-state index >= 15 is 0 Å².